The smallest absolute Gasteiger partial charge is 0.0299 e. The van der Waals surface area contributed by atoms with E-state index in [0.717, 1.165) is 26.1 Å². The Balaban J connectivity index is 3.56. The lowest BCUT2D eigenvalue weighted by Gasteiger charge is -2.23. The monoisotopic (exact) mass is 170 g/mol. The molecule has 0 rings (SSSR count). The molecule has 0 atom stereocenters. The molecule has 12 heavy (non-hydrogen) atoms. The Morgan fingerprint density at radius 3 is 2.17 bits per heavy atom. The minimum Gasteiger partial charge on any atom is -0.377 e. The van der Waals surface area contributed by atoms with Gasteiger partial charge in [0.2, 0.25) is 0 Å². The largest absolute Gasteiger partial charge is 0.377 e. The molecule has 0 aromatic rings. The van der Waals surface area contributed by atoms with Gasteiger partial charge in [-0.15, -0.1) is 0 Å². The van der Waals surface area contributed by atoms with E-state index in [1.807, 2.05) is 0 Å². The standard InChI is InChI=1S/C10H22N2/c1-6-10(3)12(5)9-8-11(4)7-2/h3,6-9H2,1-2,4-5H3. The van der Waals surface area contributed by atoms with Gasteiger partial charge in [0, 0.05) is 25.8 Å². The summed E-state index contributed by atoms with van der Waals surface area (Å²) in [4.78, 5) is 4.53. The van der Waals surface area contributed by atoms with Crippen LogP contribution in [0.3, 0.4) is 0 Å². The maximum Gasteiger partial charge on any atom is 0.0299 e. The van der Waals surface area contributed by atoms with Crippen molar-refractivity contribution < 1.29 is 0 Å². The predicted octanol–water partition coefficient (Wildman–Crippen LogP) is 1.79. The average Bonchev–Trinajstić information content (AvgIpc) is 2.11. The van der Waals surface area contributed by atoms with Crippen molar-refractivity contribution in [1.29, 1.82) is 0 Å². The van der Waals surface area contributed by atoms with Crippen molar-refractivity contribution in [2.75, 3.05) is 33.7 Å². The predicted molar refractivity (Wildman–Crippen MR) is 55.2 cm³/mol. The SMILES string of the molecule is C=C(CC)N(C)CCN(C)CC. The van der Waals surface area contributed by atoms with E-state index in [1.165, 1.54) is 5.70 Å². The number of rotatable bonds is 6. The molecular formula is C10H22N2. The summed E-state index contributed by atoms with van der Waals surface area (Å²) < 4.78 is 0. The Kier molecular flexibility index (Phi) is 5.81. The first-order chi connectivity index (χ1) is 5.61. The van der Waals surface area contributed by atoms with Crippen LogP contribution in [0.15, 0.2) is 12.3 Å². The van der Waals surface area contributed by atoms with Crippen LogP contribution in [0.1, 0.15) is 20.3 Å². The molecule has 0 bridgehead atoms. The van der Waals surface area contributed by atoms with Gasteiger partial charge in [-0.3, -0.25) is 0 Å². The highest BCUT2D eigenvalue weighted by atomic mass is 15.2. The van der Waals surface area contributed by atoms with E-state index in [0.29, 0.717) is 0 Å². The van der Waals surface area contributed by atoms with Crippen LogP contribution in [-0.2, 0) is 0 Å². The molecule has 0 radical (unpaired) electrons. The van der Waals surface area contributed by atoms with E-state index in [-0.39, 0.29) is 0 Å². The molecule has 0 saturated heterocycles. The van der Waals surface area contributed by atoms with Gasteiger partial charge < -0.3 is 9.80 Å². The third-order valence-electron chi connectivity index (χ3n) is 2.30. The highest BCUT2D eigenvalue weighted by Crippen LogP contribution is 2.01. The summed E-state index contributed by atoms with van der Waals surface area (Å²) in [5.74, 6) is 0. The normalized spacial score (nSPS) is 10.4. The van der Waals surface area contributed by atoms with Gasteiger partial charge >= 0.3 is 0 Å². The number of hydrogen-bond acceptors (Lipinski definition) is 2. The molecule has 72 valence electrons. The summed E-state index contributed by atoms with van der Waals surface area (Å²) in [5, 5.41) is 0. The van der Waals surface area contributed by atoms with E-state index >= 15 is 0 Å². The molecule has 0 aliphatic rings. The van der Waals surface area contributed by atoms with Crippen molar-refractivity contribution in [3.05, 3.63) is 12.3 Å². The highest BCUT2D eigenvalue weighted by molar-refractivity contribution is 4.90. The number of hydrogen-bond donors (Lipinski definition) is 0. The summed E-state index contributed by atoms with van der Waals surface area (Å²) in [5.41, 5.74) is 1.22. The van der Waals surface area contributed by atoms with Crippen molar-refractivity contribution in [3.8, 4) is 0 Å². The summed E-state index contributed by atoms with van der Waals surface area (Å²) in [6, 6.07) is 0. The molecule has 0 unspecified atom stereocenters. The Labute approximate surface area is 76.9 Å². The van der Waals surface area contributed by atoms with Gasteiger partial charge in [0.05, 0.1) is 0 Å². The van der Waals surface area contributed by atoms with Gasteiger partial charge in [-0.05, 0) is 20.0 Å². The Morgan fingerprint density at radius 1 is 1.17 bits per heavy atom. The first-order valence-electron chi connectivity index (χ1n) is 4.69. The highest BCUT2D eigenvalue weighted by Gasteiger charge is 2.00. The third kappa shape index (κ3) is 4.39. The topological polar surface area (TPSA) is 6.48 Å². The molecule has 0 fully saturated rings. The van der Waals surface area contributed by atoms with Crippen molar-refractivity contribution >= 4 is 0 Å². The summed E-state index contributed by atoms with van der Waals surface area (Å²) in [6.07, 6.45) is 1.05. The lowest BCUT2D eigenvalue weighted by atomic mass is 10.3. The first-order valence-corrected chi connectivity index (χ1v) is 4.69. The molecule has 2 heteroatoms. The van der Waals surface area contributed by atoms with Crippen LogP contribution in [0, 0.1) is 0 Å². The fourth-order valence-electron chi connectivity index (χ4n) is 0.907. The molecule has 0 saturated carbocycles. The van der Waals surface area contributed by atoms with Gasteiger partial charge in [-0.2, -0.15) is 0 Å². The minimum absolute atomic E-state index is 1.05. The van der Waals surface area contributed by atoms with Gasteiger partial charge in [0.15, 0.2) is 0 Å². The number of allylic oxidation sites excluding steroid dienone is 1. The van der Waals surface area contributed by atoms with Crippen molar-refractivity contribution in [3.63, 3.8) is 0 Å². The Bertz CT molecular complexity index is 132. The second-order valence-electron chi connectivity index (χ2n) is 3.24. The van der Waals surface area contributed by atoms with Crippen LogP contribution < -0.4 is 0 Å². The maximum absolute atomic E-state index is 3.98. The second kappa shape index (κ2) is 6.06. The molecule has 0 aliphatic heterocycles. The Morgan fingerprint density at radius 2 is 1.75 bits per heavy atom. The maximum atomic E-state index is 3.98. The third-order valence-corrected chi connectivity index (χ3v) is 2.30. The zero-order valence-electron chi connectivity index (χ0n) is 8.93. The van der Waals surface area contributed by atoms with Gasteiger partial charge in [0.25, 0.3) is 0 Å². The zero-order valence-corrected chi connectivity index (χ0v) is 8.93. The molecule has 0 aromatic heterocycles. The van der Waals surface area contributed by atoms with Crippen LogP contribution in [0.25, 0.3) is 0 Å². The minimum atomic E-state index is 1.05. The lowest BCUT2D eigenvalue weighted by molar-refractivity contribution is 0.294. The second-order valence-corrected chi connectivity index (χ2v) is 3.24. The van der Waals surface area contributed by atoms with E-state index in [2.05, 4.69) is 44.3 Å². The van der Waals surface area contributed by atoms with Gasteiger partial charge in [-0.1, -0.05) is 20.4 Å². The fourth-order valence-corrected chi connectivity index (χ4v) is 0.907. The summed E-state index contributed by atoms with van der Waals surface area (Å²) >= 11 is 0. The molecular weight excluding hydrogens is 148 g/mol. The molecule has 0 aliphatic carbocycles. The number of likely N-dealkylation sites (N-methyl/N-ethyl adjacent to an activating group) is 2. The molecule has 0 amide bonds. The molecule has 0 N–H and O–H groups in total. The van der Waals surface area contributed by atoms with Crippen LogP contribution in [-0.4, -0.2) is 43.5 Å². The van der Waals surface area contributed by atoms with Crippen LogP contribution in [0.4, 0.5) is 0 Å². The first kappa shape index (κ1) is 11.5. The van der Waals surface area contributed by atoms with Gasteiger partial charge in [0.1, 0.15) is 0 Å². The zero-order chi connectivity index (χ0) is 9.56. The van der Waals surface area contributed by atoms with Crippen LogP contribution in [0.2, 0.25) is 0 Å². The Hall–Kier alpha value is -0.500. The van der Waals surface area contributed by atoms with E-state index < -0.39 is 0 Å². The van der Waals surface area contributed by atoms with Crippen molar-refractivity contribution in [2.45, 2.75) is 20.3 Å². The van der Waals surface area contributed by atoms with E-state index in [9.17, 15) is 0 Å². The summed E-state index contributed by atoms with van der Waals surface area (Å²) in [7, 11) is 4.25. The fraction of sp³-hybridized carbons (Fsp3) is 0.800. The summed E-state index contributed by atoms with van der Waals surface area (Å²) in [6.45, 7) is 11.6. The quantitative estimate of drug-likeness (QED) is 0.599. The molecule has 0 aromatic carbocycles. The van der Waals surface area contributed by atoms with Crippen LogP contribution >= 0.6 is 0 Å². The van der Waals surface area contributed by atoms with Crippen molar-refractivity contribution in [1.82, 2.24) is 9.80 Å². The van der Waals surface area contributed by atoms with Gasteiger partial charge in [-0.25, -0.2) is 0 Å². The molecule has 0 spiro atoms. The average molecular weight is 170 g/mol. The van der Waals surface area contributed by atoms with Crippen LogP contribution in [0.5, 0.6) is 0 Å². The van der Waals surface area contributed by atoms with Crippen molar-refractivity contribution in [2.24, 2.45) is 0 Å². The van der Waals surface area contributed by atoms with E-state index in [1.54, 1.807) is 0 Å². The number of nitrogens with zero attached hydrogens (tertiary/aromatic N) is 2. The molecule has 2 nitrogen and oxygen atoms in total. The van der Waals surface area contributed by atoms with E-state index in [4.69, 9.17) is 0 Å². The molecule has 0 heterocycles. The lowest BCUT2D eigenvalue weighted by Crippen LogP contribution is -2.29.